The van der Waals surface area contributed by atoms with Crippen LogP contribution >= 0.6 is 11.3 Å². The van der Waals surface area contributed by atoms with Crippen molar-refractivity contribution in [1.29, 1.82) is 0 Å². The molecule has 1 heterocycles. The van der Waals surface area contributed by atoms with Crippen molar-refractivity contribution < 1.29 is 19.1 Å². The van der Waals surface area contributed by atoms with Gasteiger partial charge in [-0.2, -0.15) is 0 Å². The summed E-state index contributed by atoms with van der Waals surface area (Å²) < 4.78 is 14.4. The molecule has 0 saturated heterocycles. The van der Waals surface area contributed by atoms with E-state index in [1.54, 1.807) is 26.0 Å². The van der Waals surface area contributed by atoms with Gasteiger partial charge in [0.2, 0.25) is 0 Å². The van der Waals surface area contributed by atoms with E-state index in [1.807, 2.05) is 0 Å². The van der Waals surface area contributed by atoms with E-state index < -0.39 is 12.0 Å². The number of carboxylic acid groups (broad SMARTS) is 1. The lowest BCUT2D eigenvalue weighted by Gasteiger charge is -2.26. The van der Waals surface area contributed by atoms with Crippen LogP contribution in [0.4, 0.5) is 4.39 Å². The minimum Gasteiger partial charge on any atom is -0.481 e. The molecule has 2 rings (SSSR count). The molecule has 0 aliphatic heterocycles. The first kappa shape index (κ1) is 15.4. The molecule has 1 N–H and O–H groups in total. The number of carbonyl (C=O) groups excluding carboxylic acids is 1. The molecule has 4 nitrogen and oxygen atoms in total. The van der Waals surface area contributed by atoms with Crippen LogP contribution in [0.2, 0.25) is 0 Å². The number of hydrogen-bond donors (Lipinski definition) is 1. The number of thiophene rings is 1. The van der Waals surface area contributed by atoms with Gasteiger partial charge >= 0.3 is 5.97 Å². The van der Waals surface area contributed by atoms with E-state index in [0.29, 0.717) is 21.5 Å². The first-order valence-electron chi connectivity index (χ1n) is 6.64. The predicted octanol–water partition coefficient (Wildman–Crippen LogP) is 3.37. The van der Waals surface area contributed by atoms with Crippen LogP contribution < -0.4 is 0 Å². The monoisotopic (exact) mass is 309 g/mol. The third kappa shape index (κ3) is 3.21. The lowest BCUT2D eigenvalue weighted by atomic mass is 10.2. The first-order chi connectivity index (χ1) is 9.93. The van der Waals surface area contributed by atoms with E-state index in [0.717, 1.165) is 0 Å². The highest BCUT2D eigenvalue weighted by Crippen LogP contribution is 2.29. The van der Waals surface area contributed by atoms with Gasteiger partial charge in [0, 0.05) is 22.7 Å². The summed E-state index contributed by atoms with van der Waals surface area (Å²) >= 11 is 1.22. The summed E-state index contributed by atoms with van der Waals surface area (Å²) in [5, 5.41) is 9.27. The van der Waals surface area contributed by atoms with Gasteiger partial charge in [0.1, 0.15) is 5.82 Å². The van der Waals surface area contributed by atoms with Crippen molar-refractivity contribution in [2.75, 3.05) is 6.54 Å². The van der Waals surface area contributed by atoms with Crippen LogP contribution in [0.3, 0.4) is 0 Å². The molecule has 0 aliphatic carbocycles. The summed E-state index contributed by atoms with van der Waals surface area (Å²) in [6.45, 7) is 3.90. The molecular formula is C15H16FNO3S. The molecule has 0 fully saturated rings. The van der Waals surface area contributed by atoms with Crippen molar-refractivity contribution in [2.45, 2.75) is 26.3 Å². The van der Waals surface area contributed by atoms with Crippen molar-refractivity contribution in [3.8, 4) is 0 Å². The average Bonchev–Trinajstić information content (AvgIpc) is 2.84. The molecule has 112 valence electrons. The Kier molecular flexibility index (Phi) is 4.57. The second-order valence-corrected chi connectivity index (χ2v) is 5.88. The Labute approximate surface area is 125 Å². The number of nitrogens with zero attached hydrogens (tertiary/aromatic N) is 1. The topological polar surface area (TPSA) is 57.6 Å². The van der Waals surface area contributed by atoms with Gasteiger partial charge in [-0.3, -0.25) is 9.59 Å². The van der Waals surface area contributed by atoms with Crippen LogP contribution in [-0.2, 0) is 4.79 Å². The van der Waals surface area contributed by atoms with Crippen molar-refractivity contribution in [3.05, 3.63) is 35.0 Å². The van der Waals surface area contributed by atoms with Crippen LogP contribution in [-0.4, -0.2) is 34.5 Å². The van der Waals surface area contributed by atoms with Gasteiger partial charge in [-0.1, -0.05) is 6.07 Å². The fourth-order valence-corrected chi connectivity index (χ4v) is 3.32. The molecule has 2 aromatic rings. The highest BCUT2D eigenvalue weighted by atomic mass is 32.1. The third-order valence-corrected chi connectivity index (χ3v) is 4.41. The Morgan fingerprint density at radius 3 is 2.71 bits per heavy atom. The number of aliphatic carboxylic acids is 1. The fraction of sp³-hybridized carbons (Fsp3) is 0.333. The highest BCUT2D eigenvalue weighted by molar-refractivity contribution is 7.20. The summed E-state index contributed by atoms with van der Waals surface area (Å²) in [5.74, 6) is -1.56. The van der Waals surface area contributed by atoms with Gasteiger partial charge in [-0.25, -0.2) is 4.39 Å². The van der Waals surface area contributed by atoms with Gasteiger partial charge < -0.3 is 10.0 Å². The molecule has 0 saturated carbocycles. The van der Waals surface area contributed by atoms with E-state index in [1.165, 1.54) is 28.4 Å². The van der Waals surface area contributed by atoms with Gasteiger partial charge in [0.05, 0.1) is 11.3 Å². The number of rotatable bonds is 5. The molecule has 1 aromatic carbocycles. The molecule has 0 bridgehead atoms. The van der Waals surface area contributed by atoms with Crippen LogP contribution in [0.15, 0.2) is 24.3 Å². The van der Waals surface area contributed by atoms with Crippen molar-refractivity contribution in [3.63, 3.8) is 0 Å². The predicted molar refractivity (Wildman–Crippen MR) is 80.2 cm³/mol. The van der Waals surface area contributed by atoms with E-state index in [4.69, 9.17) is 5.11 Å². The Morgan fingerprint density at radius 1 is 1.43 bits per heavy atom. The first-order valence-corrected chi connectivity index (χ1v) is 7.46. The average molecular weight is 309 g/mol. The lowest BCUT2D eigenvalue weighted by Crippen LogP contribution is -2.39. The van der Waals surface area contributed by atoms with Gasteiger partial charge in [0.15, 0.2) is 0 Å². The summed E-state index contributed by atoms with van der Waals surface area (Å²) in [5.41, 5.74) is 0. The van der Waals surface area contributed by atoms with E-state index in [9.17, 15) is 14.0 Å². The molecular weight excluding hydrogens is 293 g/mol. The maximum absolute atomic E-state index is 13.7. The van der Waals surface area contributed by atoms with E-state index in [-0.39, 0.29) is 18.1 Å². The smallest absolute Gasteiger partial charge is 0.305 e. The van der Waals surface area contributed by atoms with Crippen LogP contribution in [0, 0.1) is 5.82 Å². The maximum atomic E-state index is 13.7. The zero-order valence-electron chi connectivity index (χ0n) is 11.8. The Morgan fingerprint density at radius 2 is 2.14 bits per heavy atom. The quantitative estimate of drug-likeness (QED) is 0.921. The second kappa shape index (κ2) is 6.22. The van der Waals surface area contributed by atoms with Crippen LogP contribution in [0.25, 0.3) is 10.1 Å². The molecule has 0 aliphatic rings. The number of fused-ring (bicyclic) bond motifs is 1. The zero-order chi connectivity index (χ0) is 15.6. The van der Waals surface area contributed by atoms with Gasteiger partial charge in [-0.05, 0) is 32.0 Å². The largest absolute Gasteiger partial charge is 0.481 e. The molecule has 0 radical (unpaired) electrons. The molecule has 0 spiro atoms. The Balaban J connectivity index is 2.31. The van der Waals surface area contributed by atoms with Crippen molar-refractivity contribution >= 4 is 33.3 Å². The lowest BCUT2D eigenvalue weighted by molar-refractivity contribution is -0.138. The maximum Gasteiger partial charge on any atom is 0.305 e. The number of carboxylic acids is 1. The summed E-state index contributed by atoms with van der Waals surface area (Å²) in [7, 11) is 0. The van der Waals surface area contributed by atoms with Crippen LogP contribution in [0.1, 0.15) is 29.9 Å². The molecule has 1 unspecified atom stereocenters. The van der Waals surface area contributed by atoms with Crippen LogP contribution in [0.5, 0.6) is 0 Å². The molecule has 1 atom stereocenters. The zero-order valence-corrected chi connectivity index (χ0v) is 12.6. The number of hydrogen-bond acceptors (Lipinski definition) is 3. The SMILES string of the molecule is CCN(C(=O)c1cc2c(F)cccc2s1)C(C)CC(=O)O. The fourth-order valence-electron chi connectivity index (χ4n) is 2.29. The number of carbonyl (C=O) groups is 2. The number of halogens is 1. The number of benzene rings is 1. The standard InChI is InChI=1S/C15H16FNO3S/c1-3-17(9(2)7-14(18)19)15(20)13-8-10-11(16)5-4-6-12(10)21-13/h4-6,8-9H,3,7H2,1-2H3,(H,18,19). The molecule has 1 aromatic heterocycles. The van der Waals surface area contributed by atoms with Gasteiger partial charge in [-0.15, -0.1) is 11.3 Å². The number of amides is 1. The summed E-state index contributed by atoms with van der Waals surface area (Å²) in [6.07, 6.45) is -0.112. The van der Waals surface area contributed by atoms with E-state index >= 15 is 0 Å². The van der Waals surface area contributed by atoms with Gasteiger partial charge in [0.25, 0.3) is 5.91 Å². The minimum absolute atomic E-state index is 0.112. The van der Waals surface area contributed by atoms with Crippen molar-refractivity contribution in [2.24, 2.45) is 0 Å². The minimum atomic E-state index is -0.948. The molecule has 1 amide bonds. The third-order valence-electron chi connectivity index (χ3n) is 3.32. The Hall–Kier alpha value is -1.95. The summed E-state index contributed by atoms with van der Waals surface area (Å²) in [4.78, 5) is 25.2. The van der Waals surface area contributed by atoms with E-state index in [2.05, 4.69) is 0 Å². The second-order valence-electron chi connectivity index (χ2n) is 4.80. The Bertz CT molecular complexity index is 683. The normalized spacial score (nSPS) is 12.3. The molecule has 21 heavy (non-hydrogen) atoms. The van der Waals surface area contributed by atoms with Crippen molar-refractivity contribution in [1.82, 2.24) is 4.90 Å². The molecule has 6 heteroatoms. The summed E-state index contributed by atoms with van der Waals surface area (Å²) in [6, 6.07) is 5.85. The highest BCUT2D eigenvalue weighted by Gasteiger charge is 2.23.